The first-order valence-electron chi connectivity index (χ1n) is 6.87. The van der Waals surface area contributed by atoms with Crippen LogP contribution in [0.25, 0.3) is 12.2 Å². The van der Waals surface area contributed by atoms with Crippen molar-refractivity contribution < 1.29 is 9.53 Å². The minimum absolute atomic E-state index is 0.339. The van der Waals surface area contributed by atoms with Crippen LogP contribution in [-0.2, 0) is 16.1 Å². The van der Waals surface area contributed by atoms with Crippen molar-refractivity contribution in [2.24, 2.45) is 0 Å². The van der Waals surface area contributed by atoms with E-state index < -0.39 is 0 Å². The molecule has 0 atom stereocenters. The molecule has 0 fully saturated rings. The van der Waals surface area contributed by atoms with Crippen molar-refractivity contribution in [3.8, 4) is 0 Å². The van der Waals surface area contributed by atoms with Crippen molar-refractivity contribution >= 4 is 18.1 Å². The number of hydrogen-bond donors (Lipinski definition) is 0. The van der Waals surface area contributed by atoms with Crippen LogP contribution in [0, 0.1) is 0 Å². The highest BCUT2D eigenvalue weighted by atomic mass is 16.5. The van der Waals surface area contributed by atoms with Crippen molar-refractivity contribution in [3.05, 3.63) is 66.0 Å². The third-order valence-electron chi connectivity index (χ3n) is 2.75. The number of aromatic nitrogens is 2. The molecule has 0 saturated heterocycles. The standard InChI is InChI=1S/C17H18N2O2/c1-2-21-17(20)11-10-16-13-18-19(14-16)12-6-9-15-7-4-3-5-8-15/h3-11,13-14H,2,12H2,1H3. The summed E-state index contributed by atoms with van der Waals surface area (Å²) in [5.41, 5.74) is 2.03. The molecule has 0 radical (unpaired) electrons. The van der Waals surface area contributed by atoms with Gasteiger partial charge in [0.2, 0.25) is 0 Å². The van der Waals surface area contributed by atoms with Crippen LogP contribution < -0.4 is 0 Å². The van der Waals surface area contributed by atoms with Crippen LogP contribution in [0.1, 0.15) is 18.1 Å². The Balaban J connectivity index is 1.88. The van der Waals surface area contributed by atoms with Gasteiger partial charge in [-0.2, -0.15) is 5.10 Å². The minimum Gasteiger partial charge on any atom is -0.463 e. The van der Waals surface area contributed by atoms with Crippen LogP contribution in [0.4, 0.5) is 0 Å². The SMILES string of the molecule is CCOC(=O)C=Cc1cnn(CC=Cc2ccccc2)c1. The summed E-state index contributed by atoms with van der Waals surface area (Å²) in [4.78, 5) is 11.2. The molecule has 4 nitrogen and oxygen atoms in total. The highest BCUT2D eigenvalue weighted by molar-refractivity contribution is 5.86. The largest absolute Gasteiger partial charge is 0.463 e. The number of hydrogen-bond acceptors (Lipinski definition) is 3. The normalized spacial score (nSPS) is 11.3. The fraction of sp³-hybridized carbons (Fsp3) is 0.176. The second-order valence-electron chi connectivity index (χ2n) is 4.39. The van der Waals surface area contributed by atoms with Gasteiger partial charge in [0.1, 0.15) is 0 Å². The quantitative estimate of drug-likeness (QED) is 0.604. The van der Waals surface area contributed by atoms with Gasteiger partial charge >= 0.3 is 5.97 Å². The van der Waals surface area contributed by atoms with E-state index in [0.717, 1.165) is 11.1 Å². The maximum Gasteiger partial charge on any atom is 0.330 e. The van der Waals surface area contributed by atoms with E-state index in [1.165, 1.54) is 6.08 Å². The van der Waals surface area contributed by atoms with E-state index in [-0.39, 0.29) is 5.97 Å². The van der Waals surface area contributed by atoms with E-state index in [9.17, 15) is 4.79 Å². The maximum atomic E-state index is 11.2. The summed E-state index contributed by atoms with van der Waals surface area (Å²) in [5.74, 6) is -0.339. The molecular formula is C17H18N2O2. The van der Waals surface area contributed by atoms with Gasteiger partial charge in [-0.1, -0.05) is 42.5 Å². The molecule has 0 aliphatic rings. The van der Waals surface area contributed by atoms with Gasteiger partial charge in [0, 0.05) is 17.8 Å². The van der Waals surface area contributed by atoms with Crippen LogP contribution in [0.2, 0.25) is 0 Å². The smallest absolute Gasteiger partial charge is 0.330 e. The molecule has 2 aromatic rings. The molecule has 4 heteroatoms. The number of allylic oxidation sites excluding steroid dienone is 1. The Hall–Kier alpha value is -2.62. The van der Waals surface area contributed by atoms with Crippen molar-refractivity contribution in [1.29, 1.82) is 0 Å². The molecular weight excluding hydrogens is 264 g/mol. The van der Waals surface area contributed by atoms with Crippen LogP contribution in [-0.4, -0.2) is 22.4 Å². The molecule has 1 heterocycles. The van der Waals surface area contributed by atoms with Gasteiger partial charge < -0.3 is 4.74 Å². The van der Waals surface area contributed by atoms with Gasteiger partial charge in [0.25, 0.3) is 0 Å². The van der Waals surface area contributed by atoms with Gasteiger partial charge in [0.05, 0.1) is 19.3 Å². The molecule has 0 saturated carbocycles. The zero-order valence-corrected chi connectivity index (χ0v) is 12.0. The molecule has 21 heavy (non-hydrogen) atoms. The van der Waals surface area contributed by atoms with Crippen LogP contribution >= 0.6 is 0 Å². The molecule has 0 aliphatic carbocycles. The number of nitrogens with zero attached hydrogens (tertiary/aromatic N) is 2. The van der Waals surface area contributed by atoms with Crippen LogP contribution in [0.5, 0.6) is 0 Å². The molecule has 0 bridgehead atoms. The van der Waals surface area contributed by atoms with Gasteiger partial charge in [-0.15, -0.1) is 0 Å². The Morgan fingerprint density at radius 3 is 2.81 bits per heavy atom. The highest BCUT2D eigenvalue weighted by Crippen LogP contribution is 2.04. The van der Waals surface area contributed by atoms with Gasteiger partial charge in [-0.05, 0) is 18.6 Å². The average molecular weight is 282 g/mol. The number of carbonyl (C=O) groups excluding carboxylic acids is 1. The third-order valence-corrected chi connectivity index (χ3v) is 2.75. The number of rotatable bonds is 6. The van der Waals surface area contributed by atoms with E-state index in [1.807, 2.05) is 47.3 Å². The molecule has 1 aromatic carbocycles. The first-order valence-corrected chi connectivity index (χ1v) is 6.87. The Morgan fingerprint density at radius 2 is 2.05 bits per heavy atom. The van der Waals surface area contributed by atoms with Gasteiger partial charge in [-0.3, -0.25) is 4.68 Å². The second kappa shape index (κ2) is 7.85. The van der Waals surface area contributed by atoms with Crippen molar-refractivity contribution in [2.45, 2.75) is 13.5 Å². The molecule has 0 unspecified atom stereocenters. The molecule has 0 amide bonds. The first-order chi connectivity index (χ1) is 10.3. The Kier molecular flexibility index (Phi) is 5.52. The number of benzene rings is 1. The van der Waals surface area contributed by atoms with Crippen LogP contribution in [0.3, 0.4) is 0 Å². The van der Waals surface area contributed by atoms with Crippen molar-refractivity contribution in [3.63, 3.8) is 0 Å². The lowest BCUT2D eigenvalue weighted by Crippen LogP contribution is -1.98. The van der Waals surface area contributed by atoms with Gasteiger partial charge in [0.15, 0.2) is 0 Å². The summed E-state index contributed by atoms with van der Waals surface area (Å²) in [6.07, 6.45) is 10.8. The van der Waals surface area contributed by atoms with Crippen molar-refractivity contribution in [2.75, 3.05) is 6.61 Å². The number of esters is 1. The average Bonchev–Trinajstić information content (AvgIpc) is 2.95. The molecule has 0 N–H and O–H groups in total. The topological polar surface area (TPSA) is 44.1 Å². The summed E-state index contributed by atoms with van der Waals surface area (Å²) in [6, 6.07) is 10.1. The molecule has 108 valence electrons. The highest BCUT2D eigenvalue weighted by Gasteiger charge is 1.96. The Labute approximate surface area is 124 Å². The monoisotopic (exact) mass is 282 g/mol. The Morgan fingerprint density at radius 1 is 1.24 bits per heavy atom. The lowest BCUT2D eigenvalue weighted by Gasteiger charge is -1.95. The molecule has 0 aliphatic heterocycles. The van der Waals surface area contributed by atoms with E-state index >= 15 is 0 Å². The summed E-state index contributed by atoms with van der Waals surface area (Å²) in [5, 5.41) is 4.23. The Bertz CT molecular complexity index is 627. The zero-order valence-electron chi connectivity index (χ0n) is 12.0. The molecule has 0 spiro atoms. The fourth-order valence-electron chi connectivity index (χ4n) is 1.78. The minimum atomic E-state index is -0.339. The predicted molar refractivity (Wildman–Crippen MR) is 83.4 cm³/mol. The van der Waals surface area contributed by atoms with E-state index in [4.69, 9.17) is 4.74 Å². The third kappa shape index (κ3) is 5.10. The number of carbonyl (C=O) groups is 1. The predicted octanol–water partition coefficient (Wildman–Crippen LogP) is 3.17. The lowest BCUT2D eigenvalue weighted by atomic mass is 10.2. The van der Waals surface area contributed by atoms with Crippen molar-refractivity contribution in [1.82, 2.24) is 9.78 Å². The summed E-state index contributed by atoms with van der Waals surface area (Å²) < 4.78 is 6.63. The van der Waals surface area contributed by atoms with Gasteiger partial charge in [-0.25, -0.2) is 4.79 Å². The fourth-order valence-corrected chi connectivity index (χ4v) is 1.78. The molecule has 2 rings (SSSR count). The second-order valence-corrected chi connectivity index (χ2v) is 4.39. The first kappa shape index (κ1) is 14.8. The summed E-state index contributed by atoms with van der Waals surface area (Å²) in [7, 11) is 0. The number of ether oxygens (including phenoxy) is 1. The van der Waals surface area contributed by atoms with E-state index in [2.05, 4.69) is 11.2 Å². The van der Waals surface area contributed by atoms with E-state index in [0.29, 0.717) is 13.2 Å². The lowest BCUT2D eigenvalue weighted by molar-refractivity contribution is -0.137. The summed E-state index contributed by atoms with van der Waals surface area (Å²) in [6.45, 7) is 2.84. The maximum absolute atomic E-state index is 11.2. The van der Waals surface area contributed by atoms with Crippen LogP contribution in [0.15, 0.2) is 54.9 Å². The summed E-state index contributed by atoms with van der Waals surface area (Å²) >= 11 is 0. The van der Waals surface area contributed by atoms with E-state index in [1.54, 1.807) is 19.2 Å². The molecule has 1 aromatic heterocycles. The zero-order chi connectivity index (χ0) is 14.9.